The molecule has 13 heteroatoms. The lowest BCUT2D eigenvalue weighted by molar-refractivity contribution is 0.0256. The number of aryl methyl sites for hydroxylation is 1. The van der Waals surface area contributed by atoms with Gasteiger partial charge in [0.2, 0.25) is 0 Å². The van der Waals surface area contributed by atoms with Crippen molar-refractivity contribution in [3.8, 4) is 17.6 Å². The molecule has 2 aromatic heterocycles. The van der Waals surface area contributed by atoms with Crippen LogP contribution < -0.4 is 10.5 Å². The number of carbonyl (C=O) groups is 2. The number of carbonyl (C=O) groups excluding carboxylic acids is 2. The largest absolute Gasteiger partial charge is 0.483 e. The highest BCUT2D eigenvalue weighted by atomic mass is 19.1. The van der Waals surface area contributed by atoms with E-state index in [1.165, 1.54) is 32.8 Å². The molecule has 1 atom stereocenters. The number of hydrogen-bond donors (Lipinski definition) is 1. The van der Waals surface area contributed by atoms with E-state index in [9.17, 15) is 18.4 Å². The summed E-state index contributed by atoms with van der Waals surface area (Å²) in [6.45, 7) is 3.64. The van der Waals surface area contributed by atoms with E-state index >= 15 is 0 Å². The first kappa shape index (κ1) is 24.8. The second-order valence-electron chi connectivity index (χ2n) is 9.00. The van der Waals surface area contributed by atoms with Crippen LogP contribution in [0.5, 0.6) is 5.75 Å². The van der Waals surface area contributed by atoms with Crippen molar-refractivity contribution in [2.45, 2.75) is 32.4 Å². The molecule has 2 aliphatic rings. The smallest absolute Gasteiger partial charge is 0.341 e. The van der Waals surface area contributed by atoms with Gasteiger partial charge in [-0.1, -0.05) is 0 Å². The van der Waals surface area contributed by atoms with Gasteiger partial charge in [-0.15, -0.1) is 0 Å². The van der Waals surface area contributed by atoms with E-state index in [2.05, 4.69) is 15.2 Å². The van der Waals surface area contributed by atoms with E-state index in [1.807, 2.05) is 6.07 Å². The van der Waals surface area contributed by atoms with Crippen LogP contribution in [0.2, 0.25) is 0 Å². The zero-order chi connectivity index (χ0) is 27.1. The number of pyridine rings is 1. The molecule has 38 heavy (non-hydrogen) atoms. The molecule has 0 radical (unpaired) electrons. The Morgan fingerprint density at radius 3 is 2.63 bits per heavy atom. The number of amides is 3. The summed E-state index contributed by atoms with van der Waals surface area (Å²) < 4.78 is 35.6. The number of primary amides is 1. The van der Waals surface area contributed by atoms with Gasteiger partial charge in [-0.3, -0.25) is 4.79 Å². The number of halogens is 2. The van der Waals surface area contributed by atoms with E-state index < -0.39 is 35.7 Å². The number of hydrazone groups is 1. The van der Waals surface area contributed by atoms with Crippen LogP contribution in [-0.4, -0.2) is 62.0 Å². The van der Waals surface area contributed by atoms with Crippen LogP contribution in [0.3, 0.4) is 0 Å². The molecule has 0 aliphatic carbocycles. The van der Waals surface area contributed by atoms with Crippen molar-refractivity contribution in [2.75, 3.05) is 13.1 Å². The molecule has 1 saturated heterocycles. The van der Waals surface area contributed by atoms with Gasteiger partial charge in [-0.05, 0) is 37.6 Å². The van der Waals surface area contributed by atoms with Crippen LogP contribution in [0, 0.1) is 36.8 Å². The molecule has 4 heterocycles. The Kier molecular flexibility index (Phi) is 6.23. The molecule has 3 amide bonds. The molecule has 0 spiro atoms. The van der Waals surface area contributed by atoms with E-state index in [0.29, 0.717) is 23.4 Å². The number of hydrogen-bond acceptors (Lipinski definition) is 7. The lowest BCUT2D eigenvalue weighted by Gasteiger charge is -2.41. The van der Waals surface area contributed by atoms with Crippen molar-refractivity contribution >= 4 is 18.2 Å². The predicted molar refractivity (Wildman–Crippen MR) is 129 cm³/mol. The molecule has 0 unspecified atom stereocenters. The molecule has 0 saturated carbocycles. The molecule has 1 aromatic carbocycles. The minimum absolute atomic E-state index is 0.0823. The molecule has 0 bridgehead atoms. The highest BCUT2D eigenvalue weighted by molar-refractivity contribution is 5.95. The van der Waals surface area contributed by atoms with Crippen molar-refractivity contribution in [3.63, 3.8) is 0 Å². The van der Waals surface area contributed by atoms with E-state index in [4.69, 9.17) is 15.7 Å². The molecule has 2 N–H and O–H groups in total. The summed E-state index contributed by atoms with van der Waals surface area (Å²) >= 11 is 0. The number of nitrogens with two attached hydrogens (primary N) is 1. The second-order valence-corrected chi connectivity index (χ2v) is 9.00. The van der Waals surface area contributed by atoms with Gasteiger partial charge in [0, 0.05) is 18.7 Å². The predicted octanol–water partition coefficient (Wildman–Crippen LogP) is 2.75. The summed E-state index contributed by atoms with van der Waals surface area (Å²) in [6, 6.07) is 6.25. The highest BCUT2D eigenvalue weighted by Crippen LogP contribution is 2.32. The first-order valence-corrected chi connectivity index (χ1v) is 11.7. The quantitative estimate of drug-likeness (QED) is 0.548. The summed E-state index contributed by atoms with van der Waals surface area (Å²) in [5.41, 5.74) is 7.19. The minimum Gasteiger partial charge on any atom is -0.483 e. The summed E-state index contributed by atoms with van der Waals surface area (Å²) in [6.07, 6.45) is 2.44. The Balaban J connectivity index is 1.27. The van der Waals surface area contributed by atoms with Gasteiger partial charge in [0.15, 0.2) is 17.4 Å². The summed E-state index contributed by atoms with van der Waals surface area (Å²) in [4.78, 5) is 30.3. The number of rotatable bonds is 5. The van der Waals surface area contributed by atoms with Crippen LogP contribution in [0.4, 0.5) is 13.6 Å². The van der Waals surface area contributed by atoms with Crippen LogP contribution in [0.15, 0.2) is 35.6 Å². The monoisotopic (exact) mass is 520 g/mol. The van der Waals surface area contributed by atoms with E-state index in [0.717, 1.165) is 12.3 Å². The first-order valence-electron chi connectivity index (χ1n) is 11.7. The number of ether oxygens (including phenoxy) is 1. The molecule has 2 aliphatic heterocycles. The van der Waals surface area contributed by atoms with Gasteiger partial charge < -0.3 is 15.4 Å². The summed E-state index contributed by atoms with van der Waals surface area (Å²) in [5, 5.41) is 18.8. The number of nitrogens with zero attached hydrogens (tertiary/aromatic N) is 7. The number of nitriles is 1. The Bertz CT molecular complexity index is 1520. The number of urea groups is 1. The molecular formula is C25H22F2N8O3. The Morgan fingerprint density at radius 1 is 1.18 bits per heavy atom. The average molecular weight is 521 g/mol. The van der Waals surface area contributed by atoms with Crippen LogP contribution in [0.25, 0.3) is 5.82 Å². The fourth-order valence-corrected chi connectivity index (χ4v) is 4.58. The van der Waals surface area contributed by atoms with Crippen LogP contribution in [0.1, 0.15) is 45.3 Å². The summed E-state index contributed by atoms with van der Waals surface area (Å²) in [7, 11) is 0. The molecule has 194 valence electrons. The SMILES string of the molecule is Cc1nn(-c2cc(OC3CN(C(=O)N4N=CC[C@H]4c4cc(F)cc(C#N)c4)C3)c(F)cn2)c(C)c1C(N)=O. The lowest BCUT2D eigenvalue weighted by Crippen LogP contribution is -2.58. The standard InChI is InChI=1S/C25H22F2N8O3/c1-13-23(24(29)36)14(2)34(32-13)22-8-21(19(27)10-30-22)38-18-11-33(12-18)25(37)35-20(3-4-31-35)16-5-15(9-28)6-17(26)7-16/h4-8,10,18,20H,3,11-12H2,1-2H3,(H2,29,36)/t20-/m0/s1. The summed E-state index contributed by atoms with van der Waals surface area (Å²) in [5.74, 6) is -1.74. The van der Waals surface area contributed by atoms with Gasteiger partial charge in [-0.25, -0.2) is 28.3 Å². The third-order valence-electron chi connectivity index (χ3n) is 6.43. The van der Waals surface area contributed by atoms with Gasteiger partial charge >= 0.3 is 6.03 Å². The van der Waals surface area contributed by atoms with E-state index in [-0.39, 0.29) is 35.8 Å². The molecular weight excluding hydrogens is 498 g/mol. The van der Waals surface area contributed by atoms with Crippen molar-refractivity contribution in [2.24, 2.45) is 10.8 Å². The Hall–Kier alpha value is -4.86. The van der Waals surface area contributed by atoms with Crippen LogP contribution >= 0.6 is 0 Å². The fraction of sp³-hybridized carbons (Fsp3) is 0.280. The zero-order valence-electron chi connectivity index (χ0n) is 20.4. The maximum Gasteiger partial charge on any atom is 0.341 e. The third kappa shape index (κ3) is 4.40. The molecule has 11 nitrogen and oxygen atoms in total. The van der Waals surface area contributed by atoms with E-state index in [1.54, 1.807) is 20.1 Å². The Morgan fingerprint density at radius 2 is 1.95 bits per heavy atom. The average Bonchev–Trinajstić information content (AvgIpc) is 3.45. The van der Waals surface area contributed by atoms with Crippen molar-refractivity contribution in [1.29, 1.82) is 5.26 Å². The second kappa shape index (κ2) is 9.55. The normalized spacial score (nSPS) is 16.9. The van der Waals surface area contributed by atoms with Crippen LogP contribution in [-0.2, 0) is 0 Å². The maximum atomic E-state index is 14.5. The topological polar surface area (TPSA) is 143 Å². The van der Waals surface area contributed by atoms with Gasteiger partial charge in [0.1, 0.15) is 11.9 Å². The number of likely N-dealkylation sites (tertiary alicyclic amines) is 1. The molecule has 5 rings (SSSR count). The fourth-order valence-electron chi connectivity index (χ4n) is 4.58. The first-order chi connectivity index (χ1) is 18.2. The van der Waals surface area contributed by atoms with Gasteiger partial charge in [0.25, 0.3) is 5.91 Å². The Labute approximate surface area is 215 Å². The number of benzene rings is 1. The van der Waals surface area contributed by atoms with Crippen molar-refractivity contribution < 1.29 is 23.1 Å². The zero-order valence-corrected chi connectivity index (χ0v) is 20.4. The maximum absolute atomic E-state index is 14.5. The molecule has 1 fully saturated rings. The number of aromatic nitrogens is 3. The van der Waals surface area contributed by atoms with Gasteiger partial charge in [0.05, 0.1) is 53.9 Å². The third-order valence-corrected chi connectivity index (χ3v) is 6.43. The molecule has 3 aromatic rings. The lowest BCUT2D eigenvalue weighted by atomic mass is 10.0. The minimum atomic E-state index is -0.696. The highest BCUT2D eigenvalue weighted by Gasteiger charge is 2.39. The van der Waals surface area contributed by atoms with Gasteiger partial charge in [-0.2, -0.15) is 15.5 Å². The van der Waals surface area contributed by atoms with Crippen molar-refractivity contribution in [3.05, 3.63) is 70.2 Å². The van der Waals surface area contributed by atoms with Crippen molar-refractivity contribution in [1.82, 2.24) is 24.7 Å².